The topological polar surface area (TPSA) is 97.0 Å². The van der Waals surface area contributed by atoms with E-state index in [4.69, 9.17) is 10.5 Å². The summed E-state index contributed by atoms with van der Waals surface area (Å²) < 4.78 is 18.7. The number of hydrazone groups is 1. The van der Waals surface area contributed by atoms with E-state index in [-0.39, 0.29) is 30.2 Å². The number of hydrogen-bond acceptors (Lipinski definition) is 5. The molecule has 2 aliphatic rings. The van der Waals surface area contributed by atoms with Crippen LogP contribution in [0.4, 0.5) is 10.1 Å². The van der Waals surface area contributed by atoms with Crippen LogP contribution in [-0.2, 0) is 14.3 Å². The van der Waals surface area contributed by atoms with E-state index in [1.165, 1.54) is 29.3 Å². The fourth-order valence-corrected chi connectivity index (χ4v) is 3.08. The number of benzene rings is 1. The average Bonchev–Trinajstić information content (AvgIpc) is 3.25. The maximum atomic E-state index is 13.1. The number of primary amides is 1. The quantitative estimate of drug-likeness (QED) is 0.827. The third kappa shape index (κ3) is 3.79. The van der Waals surface area contributed by atoms with Gasteiger partial charge in [0.1, 0.15) is 17.6 Å². The van der Waals surface area contributed by atoms with Crippen LogP contribution < -0.4 is 16.1 Å². The first-order valence-corrected chi connectivity index (χ1v) is 8.30. The third-order valence-electron chi connectivity index (χ3n) is 4.47. The van der Waals surface area contributed by atoms with Crippen molar-refractivity contribution in [2.24, 2.45) is 10.8 Å². The molecular weight excluding hydrogens is 327 g/mol. The number of nitrogens with zero attached hydrogens (tertiary/aromatic N) is 2. The van der Waals surface area contributed by atoms with Crippen molar-refractivity contribution in [3.05, 3.63) is 30.1 Å². The first-order valence-electron chi connectivity index (χ1n) is 8.30. The Labute approximate surface area is 145 Å². The Bertz CT molecular complexity index is 686. The minimum Gasteiger partial charge on any atom is -0.376 e. The molecule has 3 N–H and O–H groups in total. The van der Waals surface area contributed by atoms with Crippen molar-refractivity contribution >= 4 is 23.2 Å². The van der Waals surface area contributed by atoms with Crippen molar-refractivity contribution in [2.75, 3.05) is 11.6 Å². The van der Waals surface area contributed by atoms with Crippen LogP contribution in [0.3, 0.4) is 0 Å². The summed E-state index contributed by atoms with van der Waals surface area (Å²) in [5.41, 5.74) is 6.16. The van der Waals surface area contributed by atoms with Crippen LogP contribution in [-0.4, -0.2) is 42.3 Å². The van der Waals surface area contributed by atoms with Crippen molar-refractivity contribution in [1.29, 1.82) is 0 Å². The highest BCUT2D eigenvalue weighted by molar-refractivity contribution is 6.40. The molecule has 1 aromatic rings. The van der Waals surface area contributed by atoms with Crippen LogP contribution in [0, 0.1) is 5.82 Å². The van der Waals surface area contributed by atoms with Crippen molar-refractivity contribution < 1.29 is 18.7 Å². The number of nitrogens with one attached hydrogen (secondary N) is 1. The van der Waals surface area contributed by atoms with Crippen molar-refractivity contribution in [2.45, 2.75) is 44.4 Å². The van der Waals surface area contributed by atoms with Gasteiger partial charge in [0.15, 0.2) is 0 Å². The molecule has 2 heterocycles. The Morgan fingerprint density at radius 2 is 2.12 bits per heavy atom. The van der Waals surface area contributed by atoms with Crippen LogP contribution in [0.5, 0.6) is 0 Å². The zero-order valence-electron chi connectivity index (χ0n) is 13.9. The van der Waals surface area contributed by atoms with Crippen LogP contribution in [0.25, 0.3) is 0 Å². The number of ether oxygens (including phenoxy) is 1. The van der Waals surface area contributed by atoms with Crippen molar-refractivity contribution in [1.82, 2.24) is 5.32 Å². The third-order valence-corrected chi connectivity index (χ3v) is 4.47. The Kier molecular flexibility index (Phi) is 4.98. The SMILES string of the molecule is C[C@H](NC(=O)C1=NN(c2ccc(F)cc2)[C@@H](C(N)=O)C1)[C@H]1CCCO1. The normalized spacial score (nSPS) is 24.1. The van der Waals surface area contributed by atoms with Gasteiger partial charge in [0.05, 0.1) is 17.8 Å². The Balaban J connectivity index is 1.74. The lowest BCUT2D eigenvalue weighted by Crippen LogP contribution is -2.44. The highest BCUT2D eigenvalue weighted by Gasteiger charge is 2.36. The molecule has 1 saturated heterocycles. The molecule has 134 valence electrons. The van der Waals surface area contributed by atoms with E-state index in [0.29, 0.717) is 12.3 Å². The molecule has 8 heteroatoms. The fraction of sp³-hybridized carbons (Fsp3) is 0.471. The summed E-state index contributed by atoms with van der Waals surface area (Å²) in [5.74, 6) is -1.34. The van der Waals surface area contributed by atoms with E-state index in [1.807, 2.05) is 6.92 Å². The molecule has 25 heavy (non-hydrogen) atoms. The monoisotopic (exact) mass is 348 g/mol. The van der Waals surface area contributed by atoms with E-state index in [2.05, 4.69) is 10.4 Å². The predicted octanol–water partition coefficient (Wildman–Crippen LogP) is 0.929. The number of halogens is 1. The molecule has 0 saturated carbocycles. The number of amides is 2. The minimum atomic E-state index is -0.774. The van der Waals surface area contributed by atoms with Gasteiger partial charge in [-0.1, -0.05) is 0 Å². The lowest BCUT2D eigenvalue weighted by Gasteiger charge is -2.20. The minimum absolute atomic E-state index is 0.00825. The molecule has 2 amide bonds. The maximum Gasteiger partial charge on any atom is 0.267 e. The second kappa shape index (κ2) is 7.18. The van der Waals surface area contributed by atoms with Gasteiger partial charge in [0.25, 0.3) is 5.91 Å². The largest absolute Gasteiger partial charge is 0.376 e. The van der Waals surface area contributed by atoms with Crippen molar-refractivity contribution in [3.63, 3.8) is 0 Å². The number of carbonyl (C=O) groups is 2. The molecule has 0 radical (unpaired) electrons. The number of nitrogens with two attached hydrogens (primary N) is 1. The second-order valence-electron chi connectivity index (χ2n) is 6.30. The molecule has 0 spiro atoms. The van der Waals surface area contributed by atoms with E-state index in [0.717, 1.165) is 12.8 Å². The van der Waals surface area contributed by atoms with Gasteiger partial charge in [-0.15, -0.1) is 0 Å². The van der Waals surface area contributed by atoms with Gasteiger partial charge in [0, 0.05) is 13.0 Å². The molecule has 1 aromatic carbocycles. The van der Waals surface area contributed by atoms with Crippen molar-refractivity contribution in [3.8, 4) is 0 Å². The van der Waals surface area contributed by atoms with Gasteiger partial charge < -0.3 is 15.8 Å². The molecular formula is C17H21FN4O3. The first kappa shape index (κ1) is 17.3. The van der Waals surface area contributed by atoms with E-state index in [9.17, 15) is 14.0 Å². The molecule has 7 nitrogen and oxygen atoms in total. The highest BCUT2D eigenvalue weighted by atomic mass is 19.1. The summed E-state index contributed by atoms with van der Waals surface area (Å²) in [5, 5.41) is 8.48. The molecule has 0 unspecified atom stereocenters. The summed E-state index contributed by atoms with van der Waals surface area (Å²) >= 11 is 0. The van der Waals surface area contributed by atoms with Gasteiger partial charge in [-0.3, -0.25) is 14.6 Å². The van der Waals surface area contributed by atoms with Gasteiger partial charge in [0.2, 0.25) is 5.91 Å². The smallest absolute Gasteiger partial charge is 0.267 e. The summed E-state index contributed by atoms with van der Waals surface area (Å²) in [6, 6.07) is 4.59. The van der Waals surface area contributed by atoms with E-state index < -0.39 is 17.8 Å². The zero-order valence-corrected chi connectivity index (χ0v) is 13.9. The highest BCUT2D eigenvalue weighted by Crippen LogP contribution is 2.25. The maximum absolute atomic E-state index is 13.1. The molecule has 0 aromatic heterocycles. The van der Waals surface area contributed by atoms with Gasteiger partial charge in [-0.2, -0.15) is 5.10 Å². The predicted molar refractivity (Wildman–Crippen MR) is 90.5 cm³/mol. The molecule has 0 bridgehead atoms. The number of anilines is 1. The molecule has 3 atom stereocenters. The molecule has 1 fully saturated rings. The van der Waals surface area contributed by atoms with E-state index >= 15 is 0 Å². The van der Waals surface area contributed by atoms with Crippen LogP contribution in [0.1, 0.15) is 26.2 Å². The van der Waals surface area contributed by atoms with Gasteiger partial charge in [-0.25, -0.2) is 4.39 Å². The second-order valence-corrected chi connectivity index (χ2v) is 6.30. The summed E-state index contributed by atoms with van der Waals surface area (Å²) in [7, 11) is 0. The molecule has 3 rings (SSSR count). The lowest BCUT2D eigenvalue weighted by molar-refractivity contribution is -0.119. The summed E-state index contributed by atoms with van der Waals surface area (Å²) in [6.07, 6.45) is 1.98. The van der Waals surface area contributed by atoms with E-state index in [1.54, 1.807) is 0 Å². The van der Waals surface area contributed by atoms with Crippen LogP contribution >= 0.6 is 0 Å². The van der Waals surface area contributed by atoms with Gasteiger partial charge >= 0.3 is 0 Å². The fourth-order valence-electron chi connectivity index (χ4n) is 3.08. The van der Waals surface area contributed by atoms with Crippen LogP contribution in [0.2, 0.25) is 0 Å². The van der Waals surface area contributed by atoms with Crippen LogP contribution in [0.15, 0.2) is 29.4 Å². The Morgan fingerprint density at radius 1 is 1.40 bits per heavy atom. The Morgan fingerprint density at radius 3 is 2.72 bits per heavy atom. The number of carbonyl (C=O) groups excluding carboxylic acids is 2. The zero-order chi connectivity index (χ0) is 18.0. The molecule has 2 aliphatic heterocycles. The van der Waals surface area contributed by atoms with Gasteiger partial charge in [-0.05, 0) is 44.0 Å². The average molecular weight is 348 g/mol. The number of hydrogen-bond donors (Lipinski definition) is 2. The standard InChI is InChI=1S/C17H21FN4O3/c1-10(15-3-2-8-25-15)20-17(24)13-9-14(16(19)23)22(21-13)12-6-4-11(18)5-7-12/h4-7,10,14-15H,2-3,8-9H2,1H3,(H2,19,23)(H,20,24)/t10-,14+,15+/m0/s1. The Hall–Kier alpha value is -2.48. The number of rotatable bonds is 5. The molecule has 0 aliphatic carbocycles. The summed E-state index contributed by atoms with van der Waals surface area (Å²) in [6.45, 7) is 2.58. The summed E-state index contributed by atoms with van der Waals surface area (Å²) in [4.78, 5) is 24.2. The lowest BCUT2D eigenvalue weighted by atomic mass is 10.1. The first-order chi connectivity index (χ1) is 12.0.